The first kappa shape index (κ1) is 15.2. The van der Waals surface area contributed by atoms with E-state index in [-0.39, 0.29) is 30.1 Å². The number of carbonyl (C=O) groups is 2. The summed E-state index contributed by atoms with van der Waals surface area (Å²) in [5.74, 6) is 0.118. The summed E-state index contributed by atoms with van der Waals surface area (Å²) in [6, 6.07) is 0. The van der Waals surface area contributed by atoms with E-state index in [0.717, 1.165) is 25.9 Å². The second kappa shape index (κ2) is 8.35. The maximum Gasteiger partial charge on any atom is 0.224 e. The molecule has 1 aliphatic rings. The van der Waals surface area contributed by atoms with Crippen molar-refractivity contribution in [3.8, 4) is 0 Å². The molecule has 0 radical (unpaired) electrons. The van der Waals surface area contributed by atoms with Crippen LogP contribution in [0.15, 0.2) is 0 Å². The third-order valence-corrected chi connectivity index (χ3v) is 2.47. The SMILES string of the molecule is CC(=O)NCCNC(=O)[C@@H]1CCCNC1.Cl. The Balaban J connectivity index is 0.00000225. The third kappa shape index (κ3) is 5.92. The zero-order chi connectivity index (χ0) is 11.1. The van der Waals surface area contributed by atoms with Gasteiger partial charge in [0.25, 0.3) is 0 Å². The highest BCUT2D eigenvalue weighted by atomic mass is 35.5. The fraction of sp³-hybridized carbons (Fsp3) is 0.800. The lowest BCUT2D eigenvalue weighted by Gasteiger charge is -2.21. The number of rotatable bonds is 4. The van der Waals surface area contributed by atoms with Gasteiger partial charge in [0.2, 0.25) is 11.8 Å². The van der Waals surface area contributed by atoms with Crippen LogP contribution >= 0.6 is 12.4 Å². The van der Waals surface area contributed by atoms with Gasteiger partial charge in [-0.1, -0.05) is 0 Å². The topological polar surface area (TPSA) is 70.2 Å². The average molecular weight is 250 g/mol. The smallest absolute Gasteiger partial charge is 0.224 e. The molecule has 6 heteroatoms. The van der Waals surface area contributed by atoms with Crippen molar-refractivity contribution < 1.29 is 9.59 Å². The van der Waals surface area contributed by atoms with Gasteiger partial charge in [-0.2, -0.15) is 0 Å². The number of halogens is 1. The minimum atomic E-state index is -0.0661. The van der Waals surface area contributed by atoms with E-state index in [0.29, 0.717) is 13.1 Å². The van der Waals surface area contributed by atoms with Crippen molar-refractivity contribution in [1.82, 2.24) is 16.0 Å². The van der Waals surface area contributed by atoms with Crippen LogP contribution in [0.3, 0.4) is 0 Å². The molecule has 0 aromatic heterocycles. The fourth-order valence-corrected chi connectivity index (χ4v) is 1.64. The number of carbonyl (C=O) groups excluding carboxylic acids is 2. The molecular formula is C10H20ClN3O2. The molecule has 3 N–H and O–H groups in total. The van der Waals surface area contributed by atoms with Crippen molar-refractivity contribution >= 4 is 24.2 Å². The summed E-state index contributed by atoms with van der Waals surface area (Å²) in [4.78, 5) is 22.1. The summed E-state index contributed by atoms with van der Waals surface area (Å²) in [5.41, 5.74) is 0. The Labute approximate surface area is 102 Å². The first-order valence-electron chi connectivity index (χ1n) is 5.43. The van der Waals surface area contributed by atoms with Gasteiger partial charge in [0, 0.05) is 26.6 Å². The highest BCUT2D eigenvalue weighted by Crippen LogP contribution is 2.09. The number of hydrogen-bond donors (Lipinski definition) is 3. The van der Waals surface area contributed by atoms with Gasteiger partial charge >= 0.3 is 0 Å². The molecule has 0 aromatic carbocycles. The molecule has 1 fully saturated rings. The van der Waals surface area contributed by atoms with Crippen LogP contribution < -0.4 is 16.0 Å². The highest BCUT2D eigenvalue weighted by Gasteiger charge is 2.19. The predicted molar refractivity (Wildman–Crippen MR) is 64.5 cm³/mol. The van der Waals surface area contributed by atoms with E-state index in [1.54, 1.807) is 0 Å². The number of nitrogens with one attached hydrogen (secondary N) is 3. The maximum atomic E-state index is 11.6. The summed E-state index contributed by atoms with van der Waals surface area (Å²) in [6.07, 6.45) is 2.02. The van der Waals surface area contributed by atoms with E-state index >= 15 is 0 Å². The molecule has 0 aliphatic carbocycles. The average Bonchev–Trinajstić information content (AvgIpc) is 2.25. The van der Waals surface area contributed by atoms with Gasteiger partial charge in [-0.15, -0.1) is 12.4 Å². The van der Waals surface area contributed by atoms with Crippen LogP contribution in [0.25, 0.3) is 0 Å². The van der Waals surface area contributed by atoms with Crippen LogP contribution in [-0.2, 0) is 9.59 Å². The summed E-state index contributed by atoms with van der Waals surface area (Å²) >= 11 is 0. The summed E-state index contributed by atoms with van der Waals surface area (Å²) in [5, 5.41) is 8.64. The summed E-state index contributed by atoms with van der Waals surface area (Å²) in [6.45, 7) is 4.25. The van der Waals surface area contributed by atoms with Crippen molar-refractivity contribution in [2.45, 2.75) is 19.8 Å². The molecule has 1 heterocycles. The summed E-state index contributed by atoms with van der Waals surface area (Å²) in [7, 11) is 0. The van der Waals surface area contributed by atoms with Crippen LogP contribution in [0.4, 0.5) is 0 Å². The first-order valence-corrected chi connectivity index (χ1v) is 5.43. The van der Waals surface area contributed by atoms with Gasteiger partial charge in [-0.05, 0) is 19.4 Å². The van der Waals surface area contributed by atoms with Crippen molar-refractivity contribution in [1.29, 1.82) is 0 Å². The highest BCUT2D eigenvalue weighted by molar-refractivity contribution is 5.85. The van der Waals surface area contributed by atoms with Gasteiger partial charge in [-0.25, -0.2) is 0 Å². The van der Waals surface area contributed by atoms with Crippen molar-refractivity contribution in [2.75, 3.05) is 26.2 Å². The molecule has 0 aromatic rings. The number of hydrogen-bond acceptors (Lipinski definition) is 3. The van der Waals surface area contributed by atoms with Crippen LogP contribution in [0.1, 0.15) is 19.8 Å². The minimum Gasteiger partial charge on any atom is -0.355 e. The minimum absolute atomic E-state index is 0. The largest absolute Gasteiger partial charge is 0.355 e. The standard InChI is InChI=1S/C10H19N3O2.ClH/c1-8(14)12-5-6-13-10(15)9-3-2-4-11-7-9;/h9,11H,2-7H2,1H3,(H,12,14)(H,13,15);1H/t9-;/m1./s1. The fourth-order valence-electron chi connectivity index (χ4n) is 1.64. The lowest BCUT2D eigenvalue weighted by atomic mass is 9.99. The zero-order valence-corrected chi connectivity index (χ0v) is 10.4. The Bertz CT molecular complexity index is 230. The quantitative estimate of drug-likeness (QED) is 0.597. The first-order chi connectivity index (χ1) is 7.20. The molecule has 5 nitrogen and oxygen atoms in total. The molecule has 0 saturated carbocycles. The van der Waals surface area contributed by atoms with Crippen LogP contribution in [-0.4, -0.2) is 38.0 Å². The van der Waals surface area contributed by atoms with E-state index in [1.807, 2.05) is 0 Å². The zero-order valence-electron chi connectivity index (χ0n) is 9.54. The molecule has 2 amide bonds. The lowest BCUT2D eigenvalue weighted by Crippen LogP contribution is -2.42. The molecule has 0 bridgehead atoms. The molecule has 0 spiro atoms. The molecular weight excluding hydrogens is 230 g/mol. The second-order valence-corrected chi connectivity index (χ2v) is 3.82. The lowest BCUT2D eigenvalue weighted by molar-refractivity contribution is -0.125. The van der Waals surface area contributed by atoms with Gasteiger partial charge in [-0.3, -0.25) is 9.59 Å². The monoisotopic (exact) mass is 249 g/mol. The Morgan fingerprint density at radius 2 is 2.00 bits per heavy atom. The molecule has 0 unspecified atom stereocenters. The summed E-state index contributed by atoms with van der Waals surface area (Å²) < 4.78 is 0. The molecule has 94 valence electrons. The third-order valence-electron chi connectivity index (χ3n) is 2.47. The Hall–Kier alpha value is -0.810. The van der Waals surface area contributed by atoms with Crippen molar-refractivity contribution in [2.24, 2.45) is 5.92 Å². The number of piperidine rings is 1. The van der Waals surface area contributed by atoms with Gasteiger partial charge in [0.1, 0.15) is 0 Å². The van der Waals surface area contributed by atoms with Gasteiger partial charge in [0.15, 0.2) is 0 Å². The Morgan fingerprint density at radius 1 is 1.31 bits per heavy atom. The Morgan fingerprint density at radius 3 is 2.56 bits per heavy atom. The van der Waals surface area contributed by atoms with Crippen LogP contribution in [0.5, 0.6) is 0 Å². The van der Waals surface area contributed by atoms with Gasteiger partial charge in [0.05, 0.1) is 5.92 Å². The van der Waals surface area contributed by atoms with E-state index < -0.39 is 0 Å². The van der Waals surface area contributed by atoms with Crippen molar-refractivity contribution in [3.05, 3.63) is 0 Å². The maximum absolute atomic E-state index is 11.6. The van der Waals surface area contributed by atoms with E-state index in [9.17, 15) is 9.59 Å². The molecule has 1 aliphatic heterocycles. The molecule has 1 rings (SSSR count). The molecule has 16 heavy (non-hydrogen) atoms. The molecule has 1 saturated heterocycles. The van der Waals surface area contributed by atoms with E-state index in [4.69, 9.17) is 0 Å². The second-order valence-electron chi connectivity index (χ2n) is 3.82. The van der Waals surface area contributed by atoms with Gasteiger partial charge < -0.3 is 16.0 Å². The van der Waals surface area contributed by atoms with Crippen molar-refractivity contribution in [3.63, 3.8) is 0 Å². The van der Waals surface area contributed by atoms with Crippen LogP contribution in [0.2, 0.25) is 0 Å². The van der Waals surface area contributed by atoms with E-state index in [2.05, 4.69) is 16.0 Å². The van der Waals surface area contributed by atoms with E-state index in [1.165, 1.54) is 6.92 Å². The van der Waals surface area contributed by atoms with Crippen LogP contribution in [0, 0.1) is 5.92 Å². The Kier molecular flexibility index (Phi) is 7.93. The normalized spacial score (nSPS) is 19.4. The predicted octanol–water partition coefficient (Wildman–Crippen LogP) is -0.340. The molecule has 1 atom stereocenters. The number of amides is 2.